The van der Waals surface area contributed by atoms with Gasteiger partial charge in [-0.3, -0.25) is 9.59 Å². The van der Waals surface area contributed by atoms with Crippen LogP contribution < -0.4 is 5.32 Å². The Bertz CT molecular complexity index is 564. The minimum Gasteiger partial charge on any atom is -0.396 e. The topological polar surface area (TPSA) is 69.6 Å². The number of carbonyl (C=O) groups excluding carboxylic acids is 2. The monoisotopic (exact) mass is 344 g/mol. The minimum absolute atomic E-state index is 0.00284. The maximum absolute atomic E-state index is 12.3. The highest BCUT2D eigenvalue weighted by Crippen LogP contribution is 2.25. The van der Waals surface area contributed by atoms with Crippen molar-refractivity contribution in [2.24, 2.45) is 0 Å². The Morgan fingerprint density at radius 1 is 1.27 bits per heavy atom. The van der Waals surface area contributed by atoms with E-state index in [0.717, 1.165) is 19.3 Å². The maximum Gasteiger partial charge on any atom is 0.313 e. The fraction of sp³-hybridized carbons (Fsp3) is 0.467. The van der Waals surface area contributed by atoms with Crippen LogP contribution in [-0.4, -0.2) is 41.0 Å². The number of nitrogens with zero attached hydrogens (tertiary/aromatic N) is 1. The van der Waals surface area contributed by atoms with E-state index in [0.29, 0.717) is 28.7 Å². The highest BCUT2D eigenvalue weighted by atomic mass is 35.5. The van der Waals surface area contributed by atoms with Crippen LogP contribution in [0, 0.1) is 0 Å². The number of amides is 2. The summed E-state index contributed by atoms with van der Waals surface area (Å²) >= 11 is 11.7. The molecule has 1 fully saturated rings. The normalized spacial score (nSPS) is 18.1. The molecule has 22 heavy (non-hydrogen) atoms. The smallest absolute Gasteiger partial charge is 0.313 e. The van der Waals surface area contributed by atoms with Gasteiger partial charge < -0.3 is 15.3 Å². The molecule has 1 aliphatic heterocycles. The second kappa shape index (κ2) is 7.81. The molecule has 2 amide bonds. The van der Waals surface area contributed by atoms with Crippen LogP contribution in [-0.2, 0) is 9.59 Å². The fourth-order valence-corrected chi connectivity index (χ4v) is 2.90. The molecule has 1 unspecified atom stereocenters. The molecule has 1 saturated heterocycles. The number of likely N-dealkylation sites (tertiary alicyclic amines) is 1. The largest absolute Gasteiger partial charge is 0.396 e. The summed E-state index contributed by atoms with van der Waals surface area (Å²) in [6, 6.07) is 4.56. The van der Waals surface area contributed by atoms with Gasteiger partial charge >= 0.3 is 11.8 Å². The number of piperidine rings is 1. The van der Waals surface area contributed by atoms with Crippen molar-refractivity contribution in [3.8, 4) is 0 Å². The molecule has 1 aromatic rings. The van der Waals surface area contributed by atoms with Crippen molar-refractivity contribution in [3.63, 3.8) is 0 Å². The van der Waals surface area contributed by atoms with Crippen molar-refractivity contribution < 1.29 is 14.7 Å². The van der Waals surface area contributed by atoms with Crippen molar-refractivity contribution in [1.29, 1.82) is 0 Å². The number of halogens is 2. The second-order valence-electron chi connectivity index (χ2n) is 5.24. The van der Waals surface area contributed by atoms with Crippen LogP contribution in [0.1, 0.15) is 25.7 Å². The molecule has 1 aliphatic rings. The first-order chi connectivity index (χ1) is 10.5. The van der Waals surface area contributed by atoms with E-state index in [1.54, 1.807) is 17.0 Å². The zero-order valence-corrected chi connectivity index (χ0v) is 13.5. The molecule has 0 aliphatic carbocycles. The number of nitrogens with one attached hydrogen (secondary N) is 1. The molecule has 1 atom stereocenters. The van der Waals surface area contributed by atoms with Crippen molar-refractivity contribution in [3.05, 3.63) is 28.2 Å². The predicted octanol–water partition coefficient (Wildman–Crippen LogP) is 2.70. The van der Waals surface area contributed by atoms with Crippen LogP contribution in [0.15, 0.2) is 18.2 Å². The van der Waals surface area contributed by atoms with E-state index in [9.17, 15) is 9.59 Å². The number of anilines is 1. The van der Waals surface area contributed by atoms with Gasteiger partial charge in [-0.1, -0.05) is 23.2 Å². The van der Waals surface area contributed by atoms with Crippen molar-refractivity contribution in [2.75, 3.05) is 18.5 Å². The van der Waals surface area contributed by atoms with Crippen LogP contribution in [0.2, 0.25) is 10.0 Å². The Morgan fingerprint density at radius 2 is 2.05 bits per heavy atom. The zero-order chi connectivity index (χ0) is 16.1. The quantitative estimate of drug-likeness (QED) is 0.828. The van der Waals surface area contributed by atoms with Gasteiger partial charge in [-0.2, -0.15) is 0 Å². The lowest BCUT2D eigenvalue weighted by atomic mass is 9.99. The van der Waals surface area contributed by atoms with Gasteiger partial charge in [-0.25, -0.2) is 0 Å². The standard InChI is InChI=1S/C15H18Cl2N2O3/c16-12-5-4-10(9-13(12)17)18-14(21)15(22)19-7-2-1-3-11(19)6-8-20/h4-5,9,11,20H,1-3,6-8H2,(H,18,21). The van der Waals surface area contributed by atoms with Crippen LogP contribution in [0.25, 0.3) is 0 Å². The summed E-state index contributed by atoms with van der Waals surface area (Å²) < 4.78 is 0. The van der Waals surface area contributed by atoms with Gasteiger partial charge in [0.1, 0.15) is 0 Å². The van der Waals surface area contributed by atoms with E-state index < -0.39 is 11.8 Å². The summed E-state index contributed by atoms with van der Waals surface area (Å²) in [6.07, 6.45) is 3.18. The Hall–Kier alpha value is -1.30. The molecule has 0 radical (unpaired) electrons. The molecule has 0 aromatic heterocycles. The summed E-state index contributed by atoms with van der Waals surface area (Å²) in [4.78, 5) is 26.0. The van der Waals surface area contributed by atoms with Gasteiger partial charge in [-0.15, -0.1) is 0 Å². The van der Waals surface area contributed by atoms with Crippen molar-refractivity contribution >= 4 is 40.7 Å². The Kier molecular flexibility index (Phi) is 6.06. The molecular weight excluding hydrogens is 327 g/mol. The fourth-order valence-electron chi connectivity index (χ4n) is 2.61. The number of rotatable bonds is 3. The average Bonchev–Trinajstić information content (AvgIpc) is 2.51. The first-order valence-corrected chi connectivity index (χ1v) is 7.96. The van der Waals surface area contributed by atoms with Gasteiger partial charge in [0, 0.05) is 24.9 Å². The molecule has 7 heteroatoms. The highest BCUT2D eigenvalue weighted by molar-refractivity contribution is 6.42. The molecule has 0 spiro atoms. The second-order valence-corrected chi connectivity index (χ2v) is 6.06. The van der Waals surface area contributed by atoms with Gasteiger partial charge in [-0.05, 0) is 43.9 Å². The van der Waals surface area contributed by atoms with E-state index in [2.05, 4.69) is 5.32 Å². The van der Waals surface area contributed by atoms with E-state index in [1.807, 2.05) is 0 Å². The molecular formula is C15H18Cl2N2O3. The lowest BCUT2D eigenvalue weighted by molar-refractivity contribution is -0.146. The molecule has 0 saturated carbocycles. The predicted molar refractivity (Wildman–Crippen MR) is 86.1 cm³/mol. The Balaban J connectivity index is 2.04. The number of hydrogen-bond donors (Lipinski definition) is 2. The molecule has 5 nitrogen and oxygen atoms in total. The first kappa shape index (κ1) is 17.1. The van der Waals surface area contributed by atoms with Gasteiger partial charge in [0.15, 0.2) is 0 Å². The lowest BCUT2D eigenvalue weighted by Gasteiger charge is -2.35. The molecule has 120 valence electrons. The van der Waals surface area contributed by atoms with E-state index in [-0.39, 0.29) is 12.6 Å². The minimum atomic E-state index is -0.705. The zero-order valence-electron chi connectivity index (χ0n) is 12.0. The van der Waals surface area contributed by atoms with Crippen molar-refractivity contribution in [1.82, 2.24) is 4.90 Å². The molecule has 1 aromatic carbocycles. The Labute approximate surface area is 139 Å². The molecule has 0 bridgehead atoms. The number of carbonyl (C=O) groups is 2. The number of hydrogen-bond acceptors (Lipinski definition) is 3. The number of benzene rings is 1. The van der Waals surface area contributed by atoms with Crippen LogP contribution >= 0.6 is 23.2 Å². The molecule has 2 N–H and O–H groups in total. The maximum atomic E-state index is 12.3. The van der Waals surface area contributed by atoms with E-state index >= 15 is 0 Å². The van der Waals surface area contributed by atoms with E-state index in [4.69, 9.17) is 28.3 Å². The molecule has 1 heterocycles. The number of aliphatic hydroxyl groups is 1. The SMILES string of the molecule is O=C(Nc1ccc(Cl)c(Cl)c1)C(=O)N1CCCCC1CCO. The summed E-state index contributed by atoms with van der Waals surface area (Å²) in [5.41, 5.74) is 0.420. The van der Waals surface area contributed by atoms with Gasteiger partial charge in [0.2, 0.25) is 0 Å². The lowest BCUT2D eigenvalue weighted by Crippen LogP contribution is -2.48. The number of aliphatic hydroxyl groups excluding tert-OH is 1. The highest BCUT2D eigenvalue weighted by Gasteiger charge is 2.30. The summed E-state index contributed by atoms with van der Waals surface area (Å²) in [7, 11) is 0. The summed E-state index contributed by atoms with van der Waals surface area (Å²) in [6.45, 7) is 0.543. The van der Waals surface area contributed by atoms with Crippen LogP contribution in [0.3, 0.4) is 0 Å². The van der Waals surface area contributed by atoms with Gasteiger partial charge in [0.05, 0.1) is 10.0 Å². The molecule has 2 rings (SSSR count). The van der Waals surface area contributed by atoms with Crippen LogP contribution in [0.4, 0.5) is 5.69 Å². The summed E-state index contributed by atoms with van der Waals surface area (Å²) in [5, 5.41) is 12.3. The van der Waals surface area contributed by atoms with Gasteiger partial charge in [0.25, 0.3) is 0 Å². The van der Waals surface area contributed by atoms with E-state index in [1.165, 1.54) is 6.07 Å². The summed E-state index contributed by atoms with van der Waals surface area (Å²) in [5.74, 6) is -1.28. The van der Waals surface area contributed by atoms with Crippen molar-refractivity contribution in [2.45, 2.75) is 31.7 Å². The first-order valence-electron chi connectivity index (χ1n) is 7.21. The third kappa shape index (κ3) is 4.12. The third-order valence-corrected chi connectivity index (χ3v) is 4.46. The average molecular weight is 345 g/mol. The third-order valence-electron chi connectivity index (χ3n) is 3.72. The Morgan fingerprint density at radius 3 is 2.73 bits per heavy atom. The van der Waals surface area contributed by atoms with Crippen LogP contribution in [0.5, 0.6) is 0 Å².